The summed E-state index contributed by atoms with van der Waals surface area (Å²) in [6, 6.07) is 19.3. The van der Waals surface area contributed by atoms with E-state index >= 15 is 0 Å². The third-order valence-electron chi connectivity index (χ3n) is 6.07. The zero-order chi connectivity index (χ0) is 21.8. The summed E-state index contributed by atoms with van der Waals surface area (Å²) in [6.45, 7) is 1.89. The molecule has 2 N–H and O–H groups in total. The van der Waals surface area contributed by atoms with Gasteiger partial charge in [-0.3, -0.25) is 9.59 Å². The largest absolute Gasteiger partial charge is 0.497 e. The Kier molecular flexibility index (Phi) is 6.21. The van der Waals surface area contributed by atoms with Crippen LogP contribution in [0.2, 0.25) is 0 Å². The van der Waals surface area contributed by atoms with Gasteiger partial charge in [-0.1, -0.05) is 37.1 Å². The van der Waals surface area contributed by atoms with Crippen molar-refractivity contribution in [3.8, 4) is 5.75 Å². The Morgan fingerprint density at radius 1 is 0.935 bits per heavy atom. The zero-order valence-electron chi connectivity index (χ0n) is 18.0. The fraction of sp³-hybridized carbons (Fsp3) is 0.308. The van der Waals surface area contributed by atoms with Crippen LogP contribution in [0.15, 0.2) is 60.7 Å². The first-order chi connectivity index (χ1) is 15.0. The van der Waals surface area contributed by atoms with Gasteiger partial charge >= 0.3 is 0 Å². The van der Waals surface area contributed by atoms with Crippen LogP contribution >= 0.6 is 0 Å². The molecule has 1 atom stereocenters. The lowest BCUT2D eigenvalue weighted by Crippen LogP contribution is -2.32. The summed E-state index contributed by atoms with van der Waals surface area (Å²) in [5, 5.41) is 8.17. The second-order valence-corrected chi connectivity index (χ2v) is 8.22. The number of hydrogen-bond acceptors (Lipinski definition) is 3. The van der Waals surface area contributed by atoms with Gasteiger partial charge in [0, 0.05) is 17.3 Å². The van der Waals surface area contributed by atoms with Crippen molar-refractivity contribution in [2.45, 2.75) is 44.6 Å². The van der Waals surface area contributed by atoms with Crippen LogP contribution in [-0.2, 0) is 4.79 Å². The topological polar surface area (TPSA) is 67.4 Å². The van der Waals surface area contributed by atoms with E-state index in [-0.39, 0.29) is 23.8 Å². The van der Waals surface area contributed by atoms with Crippen molar-refractivity contribution in [2.24, 2.45) is 0 Å². The number of carbonyl (C=O) groups is 2. The summed E-state index contributed by atoms with van der Waals surface area (Å²) in [4.78, 5) is 25.2. The van der Waals surface area contributed by atoms with Crippen molar-refractivity contribution < 1.29 is 14.3 Å². The fourth-order valence-corrected chi connectivity index (χ4v) is 4.08. The minimum atomic E-state index is -0.308. The molecule has 1 aliphatic rings. The lowest BCUT2D eigenvalue weighted by atomic mass is 9.97. The van der Waals surface area contributed by atoms with E-state index in [4.69, 9.17) is 4.74 Å². The number of rotatable bonds is 6. The smallest absolute Gasteiger partial charge is 0.251 e. The van der Waals surface area contributed by atoms with Gasteiger partial charge in [0.2, 0.25) is 5.91 Å². The number of nitrogens with one attached hydrogen (secondary N) is 2. The molecule has 160 valence electrons. The molecular formula is C26H28N2O3. The van der Waals surface area contributed by atoms with E-state index in [2.05, 4.69) is 10.6 Å². The third kappa shape index (κ3) is 4.88. The first-order valence-electron chi connectivity index (χ1n) is 10.8. The van der Waals surface area contributed by atoms with Gasteiger partial charge < -0.3 is 15.4 Å². The van der Waals surface area contributed by atoms with Crippen LogP contribution in [0.25, 0.3) is 10.8 Å². The lowest BCUT2D eigenvalue weighted by Gasteiger charge is -2.15. The van der Waals surface area contributed by atoms with Gasteiger partial charge in [-0.15, -0.1) is 0 Å². The normalized spacial score (nSPS) is 14.9. The molecule has 0 aliphatic heterocycles. The van der Waals surface area contributed by atoms with Crippen molar-refractivity contribution in [1.29, 1.82) is 0 Å². The number of carbonyl (C=O) groups excluding carboxylic acids is 2. The lowest BCUT2D eigenvalue weighted by molar-refractivity contribution is -0.117. The van der Waals surface area contributed by atoms with Gasteiger partial charge in [0.05, 0.1) is 13.0 Å². The van der Waals surface area contributed by atoms with Gasteiger partial charge in [0.25, 0.3) is 5.91 Å². The Labute approximate surface area is 182 Å². The average Bonchev–Trinajstić information content (AvgIpc) is 3.31. The number of benzene rings is 3. The Morgan fingerprint density at radius 3 is 2.32 bits per heavy atom. The second kappa shape index (κ2) is 9.21. The van der Waals surface area contributed by atoms with E-state index in [0.717, 1.165) is 34.9 Å². The van der Waals surface area contributed by atoms with Crippen molar-refractivity contribution >= 4 is 28.3 Å². The molecule has 4 rings (SSSR count). The number of methoxy groups -OCH3 is 1. The molecule has 0 spiro atoms. The van der Waals surface area contributed by atoms with Crippen molar-refractivity contribution in [1.82, 2.24) is 5.32 Å². The van der Waals surface area contributed by atoms with Gasteiger partial charge in [0.1, 0.15) is 5.75 Å². The molecule has 5 nitrogen and oxygen atoms in total. The molecule has 3 aromatic carbocycles. The second-order valence-electron chi connectivity index (χ2n) is 8.22. The molecule has 0 heterocycles. The molecule has 2 amide bonds. The molecule has 0 saturated heterocycles. The molecule has 1 saturated carbocycles. The molecule has 0 bridgehead atoms. The van der Waals surface area contributed by atoms with E-state index in [1.165, 1.54) is 12.8 Å². The SMILES string of the molecule is COc1ccc2cc([C@H](C)C(=O)Nc3ccc(C(=O)NC4CCCC4)cc3)ccc2c1. The van der Waals surface area contributed by atoms with Crippen molar-refractivity contribution in [2.75, 3.05) is 12.4 Å². The van der Waals surface area contributed by atoms with Gasteiger partial charge in [-0.05, 0) is 72.5 Å². The maximum atomic E-state index is 12.8. The minimum absolute atomic E-state index is 0.0501. The van der Waals surface area contributed by atoms with Crippen LogP contribution in [0, 0.1) is 0 Å². The molecule has 5 heteroatoms. The number of hydrogen-bond donors (Lipinski definition) is 2. The first-order valence-corrected chi connectivity index (χ1v) is 10.8. The highest BCUT2D eigenvalue weighted by atomic mass is 16.5. The van der Waals surface area contributed by atoms with E-state index in [9.17, 15) is 9.59 Å². The summed E-state index contributed by atoms with van der Waals surface area (Å²) < 4.78 is 5.27. The van der Waals surface area contributed by atoms with Crippen LogP contribution in [0.1, 0.15) is 54.4 Å². The first kappa shape index (κ1) is 20.9. The molecule has 3 aromatic rings. The van der Waals surface area contributed by atoms with Crippen LogP contribution < -0.4 is 15.4 Å². The van der Waals surface area contributed by atoms with Crippen LogP contribution in [0.3, 0.4) is 0 Å². The Hall–Kier alpha value is -3.34. The van der Waals surface area contributed by atoms with Crippen LogP contribution in [0.4, 0.5) is 5.69 Å². The van der Waals surface area contributed by atoms with E-state index in [1.54, 1.807) is 31.4 Å². The Balaban J connectivity index is 1.40. The third-order valence-corrected chi connectivity index (χ3v) is 6.07. The van der Waals surface area contributed by atoms with Crippen molar-refractivity contribution in [3.63, 3.8) is 0 Å². The summed E-state index contributed by atoms with van der Waals surface area (Å²) in [7, 11) is 1.65. The summed E-state index contributed by atoms with van der Waals surface area (Å²) in [6.07, 6.45) is 4.47. The maximum absolute atomic E-state index is 12.8. The number of amides is 2. The highest BCUT2D eigenvalue weighted by Crippen LogP contribution is 2.26. The van der Waals surface area contributed by atoms with Gasteiger partial charge in [-0.2, -0.15) is 0 Å². The fourth-order valence-electron chi connectivity index (χ4n) is 4.08. The van der Waals surface area contributed by atoms with E-state index < -0.39 is 0 Å². The Morgan fingerprint density at radius 2 is 1.61 bits per heavy atom. The zero-order valence-corrected chi connectivity index (χ0v) is 18.0. The average molecular weight is 417 g/mol. The highest BCUT2D eigenvalue weighted by molar-refractivity contribution is 5.98. The molecular weight excluding hydrogens is 388 g/mol. The summed E-state index contributed by atoms with van der Waals surface area (Å²) >= 11 is 0. The predicted molar refractivity (Wildman–Crippen MR) is 124 cm³/mol. The van der Waals surface area contributed by atoms with Gasteiger partial charge in [-0.25, -0.2) is 0 Å². The molecule has 31 heavy (non-hydrogen) atoms. The molecule has 0 radical (unpaired) electrons. The summed E-state index contributed by atoms with van der Waals surface area (Å²) in [5.41, 5.74) is 2.24. The molecule has 0 unspecified atom stereocenters. The van der Waals surface area contributed by atoms with Crippen LogP contribution in [0.5, 0.6) is 5.75 Å². The van der Waals surface area contributed by atoms with E-state index in [1.807, 2.05) is 43.3 Å². The highest BCUT2D eigenvalue weighted by Gasteiger charge is 2.19. The summed E-state index contributed by atoms with van der Waals surface area (Å²) in [5.74, 6) is 0.366. The molecule has 1 aliphatic carbocycles. The Bertz CT molecular complexity index is 1090. The van der Waals surface area contributed by atoms with E-state index in [0.29, 0.717) is 11.3 Å². The number of anilines is 1. The monoisotopic (exact) mass is 416 g/mol. The van der Waals surface area contributed by atoms with Crippen LogP contribution in [-0.4, -0.2) is 25.0 Å². The predicted octanol–water partition coefficient (Wildman–Crippen LogP) is 5.26. The van der Waals surface area contributed by atoms with Gasteiger partial charge in [0.15, 0.2) is 0 Å². The molecule has 0 aromatic heterocycles. The minimum Gasteiger partial charge on any atom is -0.497 e. The number of ether oxygens (including phenoxy) is 1. The van der Waals surface area contributed by atoms with Crippen molar-refractivity contribution in [3.05, 3.63) is 71.8 Å². The molecule has 1 fully saturated rings. The maximum Gasteiger partial charge on any atom is 0.251 e. The quantitative estimate of drug-likeness (QED) is 0.576. The standard InChI is InChI=1S/C26H28N2O3/c1-17(19-7-8-21-16-24(31-2)14-11-20(21)15-19)25(29)27-23-12-9-18(10-13-23)26(30)28-22-5-3-4-6-22/h7-17,22H,3-6H2,1-2H3,(H,27,29)(H,28,30)/t17-/m0/s1. The number of fused-ring (bicyclic) bond motifs is 1.